The minimum atomic E-state index is -0.699. The lowest BCUT2D eigenvalue weighted by atomic mass is 9.92. The second-order valence-electron chi connectivity index (χ2n) is 12.2. The Kier molecular flexibility index (Phi) is 6.85. The van der Waals surface area contributed by atoms with E-state index in [2.05, 4.69) is 39.1 Å². The lowest BCUT2D eigenvalue weighted by Gasteiger charge is -2.36. The number of phenolic OH excluding ortho intramolecular Hbond substituents is 1. The third-order valence-electron chi connectivity index (χ3n) is 9.46. The number of nitrogens with one attached hydrogen (secondary N) is 1. The summed E-state index contributed by atoms with van der Waals surface area (Å²) in [6.07, 6.45) is 7.89. The first kappa shape index (κ1) is 27.2. The largest absolute Gasteiger partial charge is 0.508 e. The maximum absolute atomic E-state index is 16.6. The molecule has 0 saturated carbocycles. The fraction of sp³-hybridized carbons (Fsp3) is 0.469. The van der Waals surface area contributed by atoms with Crippen molar-refractivity contribution in [3.63, 3.8) is 0 Å². The number of benzene rings is 2. The fourth-order valence-corrected chi connectivity index (χ4v) is 7.35. The Bertz CT molecular complexity index is 1660. The van der Waals surface area contributed by atoms with E-state index < -0.39 is 11.6 Å². The highest BCUT2D eigenvalue weighted by atomic mass is 19.1. The summed E-state index contributed by atoms with van der Waals surface area (Å²) in [6.45, 7) is 5.09. The SMILES string of the molecule is CCCC1(COc2nc(N3CC4CCC(C3)N4)c3cnc(-c4cc(O)cc5cccc(F)c45)c(F)c3n2)CCCN1C. The molecule has 7 rings (SSSR count). The summed E-state index contributed by atoms with van der Waals surface area (Å²) in [6, 6.07) is 8.17. The van der Waals surface area contributed by atoms with E-state index in [1.807, 2.05) is 0 Å². The first-order valence-corrected chi connectivity index (χ1v) is 15.0. The third-order valence-corrected chi connectivity index (χ3v) is 9.46. The van der Waals surface area contributed by atoms with E-state index >= 15 is 8.78 Å². The molecular formula is C32H36F2N6O2. The fourth-order valence-electron chi connectivity index (χ4n) is 7.35. The van der Waals surface area contributed by atoms with Crippen molar-refractivity contribution in [3.05, 3.63) is 48.2 Å². The van der Waals surface area contributed by atoms with Gasteiger partial charge >= 0.3 is 6.01 Å². The zero-order valence-electron chi connectivity index (χ0n) is 24.0. The summed E-state index contributed by atoms with van der Waals surface area (Å²) in [5.41, 5.74) is 0.0479. The van der Waals surface area contributed by atoms with Crippen LogP contribution in [-0.4, -0.2) is 75.9 Å². The number of halogens is 2. The van der Waals surface area contributed by atoms with E-state index in [1.54, 1.807) is 18.3 Å². The zero-order chi connectivity index (χ0) is 29.0. The van der Waals surface area contributed by atoms with Gasteiger partial charge in [0.15, 0.2) is 5.82 Å². The lowest BCUT2D eigenvalue weighted by Crippen LogP contribution is -2.51. The standard InChI is InChI=1S/C32H36F2N6O2/c1-3-10-32(11-5-12-39(32)2)18-42-31-37-29-24(30(38-31)40-16-20-8-9-21(17-40)36-20)15-35-28(27(29)34)23-14-22(41)13-19-6-4-7-25(33)26(19)23/h4,6-7,13-15,20-21,36,41H,3,5,8-12,16-18H2,1-2H3. The van der Waals surface area contributed by atoms with Crippen molar-refractivity contribution in [2.45, 2.75) is 63.1 Å². The zero-order valence-corrected chi connectivity index (χ0v) is 24.0. The summed E-state index contributed by atoms with van der Waals surface area (Å²) in [5.74, 6) is -0.720. The van der Waals surface area contributed by atoms with Crippen molar-refractivity contribution in [2.75, 3.05) is 38.2 Å². The van der Waals surface area contributed by atoms with E-state index in [4.69, 9.17) is 9.72 Å². The summed E-state index contributed by atoms with van der Waals surface area (Å²) in [4.78, 5) is 18.5. The van der Waals surface area contributed by atoms with Crippen LogP contribution in [0.15, 0.2) is 36.5 Å². The van der Waals surface area contributed by atoms with Gasteiger partial charge < -0.3 is 20.1 Å². The highest BCUT2D eigenvalue weighted by Gasteiger charge is 2.39. The average molecular weight is 575 g/mol. The first-order valence-electron chi connectivity index (χ1n) is 15.0. The van der Waals surface area contributed by atoms with Gasteiger partial charge in [0.25, 0.3) is 0 Å². The highest BCUT2D eigenvalue weighted by molar-refractivity contribution is 6.00. The number of fused-ring (bicyclic) bond motifs is 4. The summed E-state index contributed by atoms with van der Waals surface area (Å²) < 4.78 is 38.0. The second kappa shape index (κ2) is 10.6. The maximum atomic E-state index is 16.6. The quantitative estimate of drug-likeness (QED) is 0.303. The average Bonchev–Trinajstić information content (AvgIpc) is 3.51. The molecule has 3 aliphatic rings. The molecule has 3 aliphatic heterocycles. The van der Waals surface area contributed by atoms with Crippen molar-refractivity contribution in [3.8, 4) is 23.0 Å². The predicted octanol–water partition coefficient (Wildman–Crippen LogP) is 5.41. The highest BCUT2D eigenvalue weighted by Crippen LogP contribution is 2.39. The molecule has 2 N–H and O–H groups in total. The van der Waals surface area contributed by atoms with E-state index in [9.17, 15) is 5.11 Å². The van der Waals surface area contributed by atoms with Gasteiger partial charge in [-0.05, 0) is 69.3 Å². The van der Waals surface area contributed by atoms with Gasteiger partial charge in [0.05, 0.1) is 10.9 Å². The molecule has 4 aromatic rings. The van der Waals surface area contributed by atoms with Crippen LogP contribution >= 0.6 is 0 Å². The van der Waals surface area contributed by atoms with Gasteiger partial charge in [0.1, 0.15) is 35.2 Å². The number of likely N-dealkylation sites (N-methyl/N-ethyl adjacent to an activating group) is 1. The molecule has 0 radical (unpaired) electrons. The number of likely N-dealkylation sites (tertiary alicyclic amines) is 1. The number of aromatic nitrogens is 3. The molecule has 8 nitrogen and oxygen atoms in total. The maximum Gasteiger partial charge on any atom is 0.319 e. The van der Waals surface area contributed by atoms with Crippen molar-refractivity contribution < 1.29 is 18.6 Å². The predicted molar refractivity (Wildman–Crippen MR) is 159 cm³/mol. The van der Waals surface area contributed by atoms with Crippen LogP contribution < -0.4 is 15.0 Å². The molecule has 2 aromatic carbocycles. The van der Waals surface area contributed by atoms with Crippen LogP contribution in [0.3, 0.4) is 0 Å². The number of hydrogen-bond acceptors (Lipinski definition) is 8. The second-order valence-corrected chi connectivity index (χ2v) is 12.2. The molecule has 0 amide bonds. The number of pyridine rings is 1. The Morgan fingerprint density at radius 2 is 1.95 bits per heavy atom. The van der Waals surface area contributed by atoms with Crippen LogP contribution in [0.4, 0.5) is 14.6 Å². The topological polar surface area (TPSA) is 86.6 Å². The van der Waals surface area contributed by atoms with Crippen LogP contribution in [0.2, 0.25) is 0 Å². The number of aromatic hydroxyl groups is 1. The molecule has 3 fully saturated rings. The van der Waals surface area contributed by atoms with Gasteiger partial charge in [0.2, 0.25) is 0 Å². The summed E-state index contributed by atoms with van der Waals surface area (Å²) in [7, 11) is 2.13. The van der Waals surface area contributed by atoms with E-state index in [0.717, 1.165) is 58.2 Å². The molecule has 2 bridgehead atoms. The Hall–Kier alpha value is -3.63. The lowest BCUT2D eigenvalue weighted by molar-refractivity contribution is 0.0828. The molecule has 42 heavy (non-hydrogen) atoms. The molecule has 220 valence electrons. The molecule has 0 spiro atoms. The van der Waals surface area contributed by atoms with Gasteiger partial charge in [-0.25, -0.2) is 8.78 Å². The number of phenols is 1. The third kappa shape index (κ3) is 4.61. The van der Waals surface area contributed by atoms with E-state index in [0.29, 0.717) is 35.3 Å². The van der Waals surface area contributed by atoms with Crippen molar-refractivity contribution in [2.24, 2.45) is 0 Å². The monoisotopic (exact) mass is 574 g/mol. The molecular weight excluding hydrogens is 538 g/mol. The number of rotatable bonds is 7. The van der Waals surface area contributed by atoms with Gasteiger partial charge in [-0.2, -0.15) is 9.97 Å². The molecule has 5 heterocycles. The summed E-state index contributed by atoms with van der Waals surface area (Å²) in [5, 5.41) is 15.2. The Morgan fingerprint density at radius 3 is 2.69 bits per heavy atom. The van der Waals surface area contributed by atoms with Crippen molar-refractivity contribution >= 4 is 27.5 Å². The van der Waals surface area contributed by atoms with Crippen molar-refractivity contribution in [1.29, 1.82) is 0 Å². The number of hydrogen-bond donors (Lipinski definition) is 2. The van der Waals surface area contributed by atoms with Crippen LogP contribution in [0, 0.1) is 11.6 Å². The normalized spacial score (nSPS) is 24.2. The van der Waals surface area contributed by atoms with Crippen LogP contribution in [0.1, 0.15) is 45.4 Å². The minimum absolute atomic E-state index is 0.0722. The smallest absolute Gasteiger partial charge is 0.319 e. The van der Waals surface area contributed by atoms with Gasteiger partial charge in [0, 0.05) is 42.3 Å². The Balaban J connectivity index is 1.36. The number of ether oxygens (including phenoxy) is 1. The molecule has 0 aliphatic carbocycles. The van der Waals surface area contributed by atoms with E-state index in [1.165, 1.54) is 18.2 Å². The van der Waals surface area contributed by atoms with Gasteiger partial charge in [-0.1, -0.05) is 25.5 Å². The van der Waals surface area contributed by atoms with Gasteiger partial charge in [-0.3, -0.25) is 9.88 Å². The molecule has 2 aromatic heterocycles. The molecule has 10 heteroatoms. The first-order chi connectivity index (χ1) is 20.3. The molecule has 3 saturated heterocycles. The number of anilines is 1. The molecule has 3 unspecified atom stereocenters. The number of nitrogens with zero attached hydrogens (tertiary/aromatic N) is 5. The van der Waals surface area contributed by atoms with Crippen molar-refractivity contribution in [1.82, 2.24) is 25.2 Å². The Morgan fingerprint density at radius 1 is 1.14 bits per heavy atom. The van der Waals surface area contributed by atoms with Crippen LogP contribution in [-0.2, 0) is 0 Å². The molecule has 3 atom stereocenters. The van der Waals surface area contributed by atoms with Crippen LogP contribution in [0.25, 0.3) is 32.9 Å². The van der Waals surface area contributed by atoms with E-state index in [-0.39, 0.29) is 39.5 Å². The van der Waals surface area contributed by atoms with Gasteiger partial charge in [-0.15, -0.1) is 0 Å². The number of piperazine rings is 1. The Labute approximate surface area is 243 Å². The minimum Gasteiger partial charge on any atom is -0.508 e. The van der Waals surface area contributed by atoms with Crippen LogP contribution in [0.5, 0.6) is 11.8 Å². The summed E-state index contributed by atoms with van der Waals surface area (Å²) >= 11 is 0.